The average molecular weight is 507 g/mol. The first kappa shape index (κ1) is 25.5. The Kier molecular flexibility index (Phi) is 6.96. The third kappa shape index (κ3) is 5.34. The van der Waals surface area contributed by atoms with Crippen molar-refractivity contribution in [2.24, 2.45) is 0 Å². The number of methoxy groups -OCH3 is 1. The fourth-order valence-electron chi connectivity index (χ4n) is 3.21. The number of rotatable bonds is 4. The molecule has 2 amide bonds. The van der Waals surface area contributed by atoms with Crippen LogP contribution in [0.1, 0.15) is 45.7 Å². The van der Waals surface area contributed by atoms with Gasteiger partial charge in [0.25, 0.3) is 5.91 Å². The molecule has 180 valence electrons. The van der Waals surface area contributed by atoms with Gasteiger partial charge in [-0.25, -0.2) is 19.5 Å². The normalized spacial score (nSPS) is 14.8. The van der Waals surface area contributed by atoms with Gasteiger partial charge >= 0.3 is 12.1 Å². The van der Waals surface area contributed by atoms with Gasteiger partial charge in [-0.2, -0.15) is 0 Å². The third-order valence-corrected chi connectivity index (χ3v) is 5.12. The van der Waals surface area contributed by atoms with Gasteiger partial charge in [0.2, 0.25) is 11.5 Å². The van der Waals surface area contributed by atoms with E-state index in [1.165, 1.54) is 45.4 Å². The fraction of sp³-hybridized carbons (Fsp3) is 0.333. The number of hydrogen-bond acceptors (Lipinski definition) is 7. The lowest BCUT2D eigenvalue weighted by Crippen LogP contribution is -2.39. The first-order valence-corrected chi connectivity index (χ1v) is 11.0. The number of fused-ring (bicyclic) bond motifs is 1. The number of esters is 1. The van der Waals surface area contributed by atoms with Crippen molar-refractivity contribution < 1.29 is 28.6 Å². The van der Waals surface area contributed by atoms with Crippen LogP contribution in [0.2, 0.25) is 10.0 Å². The van der Waals surface area contributed by atoms with Gasteiger partial charge in [0.15, 0.2) is 0 Å². The first-order valence-electron chi connectivity index (χ1n) is 10.3. The summed E-state index contributed by atoms with van der Waals surface area (Å²) in [6.45, 7) is 8.14. The number of ether oxygens (including phenoxy) is 3. The van der Waals surface area contributed by atoms with Gasteiger partial charge in [-0.1, -0.05) is 29.3 Å². The SMILES string of the molecule is COC(=O)C(C)(C)Oc1ncc(Cl)cc1/C=C1\C(=O)N(C(=O)OC(C)(C)C)c2cc(Cl)ccc21. The Morgan fingerprint density at radius 1 is 1.06 bits per heavy atom. The molecule has 8 nitrogen and oxygen atoms in total. The number of pyridine rings is 1. The van der Waals surface area contributed by atoms with Crippen molar-refractivity contribution in [2.75, 3.05) is 12.0 Å². The third-order valence-electron chi connectivity index (χ3n) is 4.67. The Labute approximate surface area is 207 Å². The molecule has 2 heterocycles. The summed E-state index contributed by atoms with van der Waals surface area (Å²) < 4.78 is 16.0. The number of carbonyl (C=O) groups is 3. The van der Waals surface area contributed by atoms with E-state index in [-0.39, 0.29) is 22.2 Å². The van der Waals surface area contributed by atoms with Crippen LogP contribution >= 0.6 is 23.2 Å². The summed E-state index contributed by atoms with van der Waals surface area (Å²) in [6, 6.07) is 6.27. The summed E-state index contributed by atoms with van der Waals surface area (Å²) in [6.07, 6.45) is 2.00. The molecule has 1 aromatic heterocycles. The van der Waals surface area contributed by atoms with E-state index < -0.39 is 29.2 Å². The zero-order chi connectivity index (χ0) is 25.4. The van der Waals surface area contributed by atoms with E-state index in [0.717, 1.165) is 4.90 Å². The maximum absolute atomic E-state index is 13.4. The molecule has 0 spiro atoms. The number of hydrogen-bond donors (Lipinski definition) is 0. The Morgan fingerprint density at radius 2 is 1.74 bits per heavy atom. The average Bonchev–Trinajstić information content (AvgIpc) is 2.98. The van der Waals surface area contributed by atoms with Crippen molar-refractivity contribution in [2.45, 2.75) is 45.8 Å². The fourth-order valence-corrected chi connectivity index (χ4v) is 3.54. The van der Waals surface area contributed by atoms with Crippen molar-refractivity contribution >= 4 is 58.5 Å². The predicted octanol–water partition coefficient (Wildman–Crippen LogP) is 5.54. The minimum atomic E-state index is -1.36. The second-order valence-electron chi connectivity index (χ2n) is 8.99. The van der Waals surface area contributed by atoms with E-state index in [4.69, 9.17) is 37.4 Å². The second-order valence-corrected chi connectivity index (χ2v) is 9.87. The molecule has 0 radical (unpaired) electrons. The molecule has 10 heteroatoms. The molecular weight excluding hydrogens is 483 g/mol. The van der Waals surface area contributed by atoms with Crippen LogP contribution in [0.15, 0.2) is 30.5 Å². The molecule has 0 N–H and O–H groups in total. The van der Waals surface area contributed by atoms with E-state index in [1.807, 2.05) is 0 Å². The van der Waals surface area contributed by atoms with Gasteiger partial charge < -0.3 is 14.2 Å². The molecule has 34 heavy (non-hydrogen) atoms. The van der Waals surface area contributed by atoms with Crippen LogP contribution in [0.5, 0.6) is 5.88 Å². The molecule has 0 bridgehead atoms. The maximum Gasteiger partial charge on any atom is 0.422 e. The number of benzene rings is 1. The Hall–Kier alpha value is -3.10. The molecule has 0 saturated heterocycles. The summed E-state index contributed by atoms with van der Waals surface area (Å²) in [4.78, 5) is 43.5. The van der Waals surface area contributed by atoms with Crippen molar-refractivity contribution in [3.63, 3.8) is 0 Å². The van der Waals surface area contributed by atoms with E-state index >= 15 is 0 Å². The number of anilines is 1. The quantitative estimate of drug-likeness (QED) is 0.396. The van der Waals surface area contributed by atoms with Crippen LogP contribution in [-0.4, -0.2) is 41.3 Å². The van der Waals surface area contributed by atoms with Crippen LogP contribution in [0.25, 0.3) is 11.6 Å². The maximum atomic E-state index is 13.4. The number of aromatic nitrogens is 1. The Balaban J connectivity index is 2.12. The summed E-state index contributed by atoms with van der Waals surface area (Å²) in [5, 5.41) is 0.621. The molecule has 0 unspecified atom stereocenters. The van der Waals surface area contributed by atoms with Gasteiger partial charge in [0, 0.05) is 22.3 Å². The van der Waals surface area contributed by atoms with Gasteiger partial charge in [-0.15, -0.1) is 0 Å². The van der Waals surface area contributed by atoms with E-state index in [9.17, 15) is 14.4 Å². The molecule has 2 aromatic rings. The molecule has 1 aliphatic heterocycles. The summed E-state index contributed by atoms with van der Waals surface area (Å²) in [7, 11) is 1.25. The Morgan fingerprint density at radius 3 is 2.35 bits per heavy atom. The zero-order valence-corrected chi connectivity index (χ0v) is 21.1. The lowest BCUT2D eigenvalue weighted by atomic mass is 10.0. The number of carbonyl (C=O) groups excluding carboxylic acids is 3. The van der Waals surface area contributed by atoms with E-state index in [0.29, 0.717) is 16.1 Å². The van der Waals surface area contributed by atoms with Crippen molar-refractivity contribution in [3.8, 4) is 5.88 Å². The lowest BCUT2D eigenvalue weighted by Gasteiger charge is -2.24. The molecular formula is C24H24Cl2N2O6. The van der Waals surface area contributed by atoms with Crippen molar-refractivity contribution in [1.29, 1.82) is 0 Å². The summed E-state index contributed by atoms with van der Waals surface area (Å²) >= 11 is 12.3. The molecule has 0 fully saturated rings. The topological polar surface area (TPSA) is 95.0 Å². The first-order chi connectivity index (χ1) is 15.7. The number of amides is 2. The van der Waals surface area contributed by atoms with Gasteiger partial charge in [0.1, 0.15) is 5.60 Å². The van der Waals surface area contributed by atoms with Crippen LogP contribution in [0.3, 0.4) is 0 Å². The minimum absolute atomic E-state index is 0.0475. The summed E-state index contributed by atoms with van der Waals surface area (Å²) in [5.41, 5.74) is -0.956. The van der Waals surface area contributed by atoms with Gasteiger partial charge in [0.05, 0.1) is 23.4 Å². The number of nitrogens with zero attached hydrogens (tertiary/aromatic N) is 2. The second kappa shape index (κ2) is 9.27. The predicted molar refractivity (Wildman–Crippen MR) is 129 cm³/mol. The molecule has 0 saturated carbocycles. The highest BCUT2D eigenvalue weighted by atomic mass is 35.5. The number of imide groups is 1. The molecule has 0 atom stereocenters. The van der Waals surface area contributed by atoms with E-state index in [2.05, 4.69) is 4.98 Å². The number of halogens is 2. The van der Waals surface area contributed by atoms with Crippen molar-refractivity contribution in [1.82, 2.24) is 4.98 Å². The van der Waals surface area contributed by atoms with Crippen LogP contribution in [0.4, 0.5) is 10.5 Å². The van der Waals surface area contributed by atoms with Gasteiger partial charge in [-0.3, -0.25) is 4.79 Å². The van der Waals surface area contributed by atoms with Crippen LogP contribution < -0.4 is 9.64 Å². The monoisotopic (exact) mass is 506 g/mol. The highest BCUT2D eigenvalue weighted by Crippen LogP contribution is 2.41. The van der Waals surface area contributed by atoms with Crippen molar-refractivity contribution in [3.05, 3.63) is 51.6 Å². The summed E-state index contributed by atoms with van der Waals surface area (Å²) in [5.74, 6) is -1.19. The smallest absolute Gasteiger partial charge is 0.422 e. The molecule has 1 aromatic carbocycles. The standard InChI is InChI=1S/C24H24Cl2N2O6/c1-23(2,3)34-22(31)28-18-11-14(25)7-8-16(18)17(20(28)29)10-13-9-15(26)12-27-19(13)33-24(4,5)21(30)32-6/h7-12H,1-6H3/b17-10-. The molecule has 0 aliphatic carbocycles. The largest absolute Gasteiger partial charge is 0.466 e. The molecule has 3 rings (SSSR count). The zero-order valence-electron chi connectivity index (χ0n) is 19.6. The lowest BCUT2D eigenvalue weighted by molar-refractivity contribution is -0.156. The highest BCUT2D eigenvalue weighted by Gasteiger charge is 2.40. The van der Waals surface area contributed by atoms with Crippen LogP contribution in [-0.2, 0) is 19.1 Å². The van der Waals surface area contributed by atoms with Gasteiger partial charge in [-0.05, 0) is 58.9 Å². The van der Waals surface area contributed by atoms with Crippen LogP contribution in [0, 0.1) is 0 Å². The highest BCUT2D eigenvalue weighted by molar-refractivity contribution is 6.42. The molecule has 1 aliphatic rings. The Bertz CT molecular complexity index is 1200. The van der Waals surface area contributed by atoms with E-state index in [1.54, 1.807) is 32.9 Å². The minimum Gasteiger partial charge on any atom is -0.466 e.